The number of halogens is 2. The number of nitrogens with zero attached hydrogens (tertiary/aromatic N) is 3. The van der Waals surface area contributed by atoms with Crippen LogP contribution in [0.1, 0.15) is 34.1 Å². The maximum absolute atomic E-state index is 13.7. The van der Waals surface area contributed by atoms with Gasteiger partial charge in [0.25, 0.3) is 5.91 Å². The molecule has 1 aliphatic heterocycles. The van der Waals surface area contributed by atoms with Gasteiger partial charge in [0.05, 0.1) is 39.9 Å². The Hall–Kier alpha value is -3.66. The molecule has 3 heterocycles. The lowest BCUT2D eigenvalue weighted by molar-refractivity contribution is 0.102. The number of pyridine rings is 1. The lowest BCUT2D eigenvalue weighted by atomic mass is 10.0. The van der Waals surface area contributed by atoms with Crippen LogP contribution in [-0.4, -0.2) is 40.6 Å². The Bertz CT molecular complexity index is 1580. The van der Waals surface area contributed by atoms with E-state index in [4.69, 9.17) is 4.98 Å². The van der Waals surface area contributed by atoms with Crippen molar-refractivity contribution in [2.45, 2.75) is 26.3 Å². The van der Waals surface area contributed by atoms with Crippen LogP contribution in [0.15, 0.2) is 48.5 Å². The third-order valence-electron chi connectivity index (χ3n) is 6.16. The number of hydrogen-bond donors (Lipinski definition) is 1. The van der Waals surface area contributed by atoms with E-state index in [0.717, 1.165) is 23.3 Å². The second kappa shape index (κ2) is 8.53. The van der Waals surface area contributed by atoms with Gasteiger partial charge in [-0.1, -0.05) is 29.8 Å². The summed E-state index contributed by atoms with van der Waals surface area (Å²) in [6.07, 6.45) is 0.408. The van der Waals surface area contributed by atoms with Crippen LogP contribution in [0, 0.1) is 25.5 Å². The normalized spacial score (nSPS) is 17.1. The molecule has 1 fully saturated rings. The zero-order valence-electron chi connectivity index (χ0n) is 19.0. The highest BCUT2D eigenvalue weighted by molar-refractivity contribution is 7.91. The van der Waals surface area contributed by atoms with E-state index < -0.39 is 27.4 Å². The summed E-state index contributed by atoms with van der Waals surface area (Å²) in [5.74, 6) is -2.61. The summed E-state index contributed by atoms with van der Waals surface area (Å²) in [6, 6.07) is 12.0. The van der Waals surface area contributed by atoms with Crippen LogP contribution in [0.4, 0.5) is 14.5 Å². The number of carbonyl (C=O) groups is 1. The summed E-state index contributed by atoms with van der Waals surface area (Å²) in [5.41, 5.74) is 3.60. The van der Waals surface area contributed by atoms with Gasteiger partial charge in [0.15, 0.2) is 27.1 Å². The first-order valence-electron chi connectivity index (χ1n) is 11.0. The summed E-state index contributed by atoms with van der Waals surface area (Å²) >= 11 is 0. The fraction of sp³-hybridized carbons (Fsp3) is 0.240. The first-order valence-corrected chi connectivity index (χ1v) is 12.9. The van der Waals surface area contributed by atoms with E-state index in [-0.39, 0.29) is 28.8 Å². The Morgan fingerprint density at radius 1 is 1.06 bits per heavy atom. The number of sulfone groups is 1. The molecular weight excluding hydrogens is 474 g/mol. The number of rotatable bonds is 4. The van der Waals surface area contributed by atoms with E-state index in [1.54, 1.807) is 17.7 Å². The standard InChI is InChI=1S/C25H22F2N4O3S/c1-14-3-5-16(6-4-14)22-12-19(25(32)28-17-7-8-20(26)21(27)11-17)23-15(2)30-31(24(23)29-22)18-9-10-35(33,34)13-18/h3-8,11-12,18H,9-10,13H2,1-2H3,(H,28,32)/t18-/m1/s1. The molecule has 4 aromatic rings. The number of anilines is 1. The number of aromatic nitrogens is 3. The lowest BCUT2D eigenvalue weighted by Gasteiger charge is -2.13. The third-order valence-corrected chi connectivity index (χ3v) is 7.91. The van der Waals surface area contributed by atoms with E-state index in [1.165, 1.54) is 6.07 Å². The lowest BCUT2D eigenvalue weighted by Crippen LogP contribution is -2.15. The molecule has 0 unspecified atom stereocenters. The van der Waals surface area contributed by atoms with Gasteiger partial charge in [-0.05, 0) is 38.5 Å². The highest BCUT2D eigenvalue weighted by Crippen LogP contribution is 2.32. The van der Waals surface area contributed by atoms with Crippen LogP contribution < -0.4 is 5.32 Å². The Morgan fingerprint density at radius 3 is 2.46 bits per heavy atom. The van der Waals surface area contributed by atoms with Crippen molar-refractivity contribution >= 4 is 32.5 Å². The van der Waals surface area contributed by atoms with Crippen molar-refractivity contribution < 1.29 is 22.0 Å². The predicted octanol–water partition coefficient (Wildman–Crippen LogP) is 4.61. The predicted molar refractivity (Wildman–Crippen MR) is 129 cm³/mol. The minimum absolute atomic E-state index is 0.0456. The van der Waals surface area contributed by atoms with Crippen LogP contribution in [0.25, 0.3) is 22.3 Å². The summed E-state index contributed by atoms with van der Waals surface area (Å²) in [6.45, 7) is 3.68. The zero-order chi connectivity index (χ0) is 24.9. The molecule has 1 aliphatic rings. The topological polar surface area (TPSA) is 94.0 Å². The molecule has 2 aromatic carbocycles. The van der Waals surface area contributed by atoms with E-state index in [9.17, 15) is 22.0 Å². The molecule has 35 heavy (non-hydrogen) atoms. The third kappa shape index (κ3) is 4.41. The summed E-state index contributed by atoms with van der Waals surface area (Å²) in [5, 5.41) is 7.66. The largest absolute Gasteiger partial charge is 0.322 e. The average molecular weight is 497 g/mol. The maximum Gasteiger partial charge on any atom is 0.256 e. The van der Waals surface area contributed by atoms with Crippen LogP contribution in [0.5, 0.6) is 0 Å². The minimum atomic E-state index is -3.18. The fourth-order valence-corrected chi connectivity index (χ4v) is 6.05. The molecule has 0 radical (unpaired) electrons. The van der Waals surface area contributed by atoms with Crippen molar-refractivity contribution in [3.05, 3.63) is 77.0 Å². The molecule has 0 aliphatic carbocycles. The van der Waals surface area contributed by atoms with Crippen molar-refractivity contribution in [3.63, 3.8) is 0 Å². The van der Waals surface area contributed by atoms with Crippen molar-refractivity contribution in [2.24, 2.45) is 0 Å². The molecule has 10 heteroatoms. The molecule has 0 bridgehead atoms. The first kappa shape index (κ1) is 23.1. The molecule has 5 rings (SSSR count). The fourth-order valence-electron chi connectivity index (χ4n) is 4.36. The highest BCUT2D eigenvalue weighted by Gasteiger charge is 2.32. The molecular formula is C25H22F2N4O3S. The number of hydrogen-bond acceptors (Lipinski definition) is 5. The number of nitrogens with one attached hydrogen (secondary N) is 1. The second-order valence-electron chi connectivity index (χ2n) is 8.79. The number of benzene rings is 2. The van der Waals surface area contributed by atoms with Gasteiger partial charge in [-0.15, -0.1) is 0 Å². The quantitative estimate of drug-likeness (QED) is 0.446. The van der Waals surface area contributed by atoms with Gasteiger partial charge >= 0.3 is 0 Å². The van der Waals surface area contributed by atoms with Gasteiger partial charge in [-0.2, -0.15) is 5.10 Å². The second-order valence-corrected chi connectivity index (χ2v) is 11.0. The molecule has 2 aromatic heterocycles. The van der Waals surface area contributed by atoms with Crippen molar-refractivity contribution in [2.75, 3.05) is 16.8 Å². The van der Waals surface area contributed by atoms with E-state index in [1.807, 2.05) is 31.2 Å². The molecule has 180 valence electrons. The Kier molecular flexibility index (Phi) is 5.63. The monoisotopic (exact) mass is 496 g/mol. The Labute approximate surface area is 200 Å². The van der Waals surface area contributed by atoms with Crippen molar-refractivity contribution in [1.29, 1.82) is 0 Å². The van der Waals surface area contributed by atoms with Crippen LogP contribution in [0.3, 0.4) is 0 Å². The van der Waals surface area contributed by atoms with Crippen molar-refractivity contribution in [3.8, 4) is 11.3 Å². The SMILES string of the molecule is Cc1ccc(-c2cc(C(=O)Nc3ccc(F)c(F)c3)c3c(C)nn([C@@H]4CCS(=O)(=O)C4)c3n2)cc1. The molecule has 1 amide bonds. The molecule has 0 saturated carbocycles. The molecule has 1 atom stereocenters. The van der Waals surface area contributed by atoms with E-state index in [0.29, 0.717) is 28.8 Å². The Morgan fingerprint density at radius 2 is 1.80 bits per heavy atom. The van der Waals surface area contributed by atoms with Crippen LogP contribution in [-0.2, 0) is 9.84 Å². The number of fused-ring (bicyclic) bond motifs is 1. The van der Waals surface area contributed by atoms with E-state index in [2.05, 4.69) is 10.4 Å². The molecule has 1 N–H and O–H groups in total. The summed E-state index contributed by atoms with van der Waals surface area (Å²) in [4.78, 5) is 18.1. The molecule has 0 spiro atoms. The van der Waals surface area contributed by atoms with Gasteiger partial charge in [0, 0.05) is 17.3 Å². The number of carbonyl (C=O) groups excluding carboxylic acids is 1. The zero-order valence-corrected chi connectivity index (χ0v) is 19.9. The smallest absolute Gasteiger partial charge is 0.256 e. The number of amides is 1. The molecule has 7 nitrogen and oxygen atoms in total. The van der Waals surface area contributed by atoms with Gasteiger partial charge in [0.1, 0.15) is 0 Å². The maximum atomic E-state index is 13.7. The van der Waals surface area contributed by atoms with Crippen LogP contribution in [0.2, 0.25) is 0 Å². The minimum Gasteiger partial charge on any atom is -0.322 e. The van der Waals surface area contributed by atoms with Crippen molar-refractivity contribution in [1.82, 2.24) is 14.8 Å². The van der Waals surface area contributed by atoms with Gasteiger partial charge < -0.3 is 5.32 Å². The Balaban J connectivity index is 1.67. The van der Waals surface area contributed by atoms with Crippen LogP contribution >= 0.6 is 0 Å². The van der Waals surface area contributed by atoms with Gasteiger partial charge in [-0.3, -0.25) is 4.79 Å². The molecule has 1 saturated heterocycles. The number of aryl methyl sites for hydroxylation is 2. The summed E-state index contributed by atoms with van der Waals surface area (Å²) in [7, 11) is -3.18. The van der Waals surface area contributed by atoms with Gasteiger partial charge in [-0.25, -0.2) is 26.9 Å². The van der Waals surface area contributed by atoms with Gasteiger partial charge in [0.2, 0.25) is 0 Å². The highest BCUT2D eigenvalue weighted by atomic mass is 32.2. The average Bonchev–Trinajstić information content (AvgIpc) is 3.35. The van der Waals surface area contributed by atoms with E-state index >= 15 is 0 Å². The first-order chi connectivity index (χ1) is 16.6. The summed E-state index contributed by atoms with van der Waals surface area (Å²) < 4.78 is 52.9.